The zero-order valence-corrected chi connectivity index (χ0v) is 17.5. The molecule has 0 aliphatic carbocycles. The third-order valence-electron chi connectivity index (χ3n) is 6.09. The number of aromatic nitrogens is 4. The van der Waals surface area contributed by atoms with Gasteiger partial charge in [0.2, 0.25) is 0 Å². The zero-order chi connectivity index (χ0) is 20.3. The van der Waals surface area contributed by atoms with Gasteiger partial charge >= 0.3 is 0 Å². The molecule has 4 heterocycles. The summed E-state index contributed by atoms with van der Waals surface area (Å²) in [7, 11) is 2.00. The molecule has 0 amide bonds. The van der Waals surface area contributed by atoms with Crippen LogP contribution in [0.3, 0.4) is 0 Å². The number of hydrogen-bond acceptors (Lipinski definition) is 5. The molecule has 30 heavy (non-hydrogen) atoms. The summed E-state index contributed by atoms with van der Waals surface area (Å²) >= 11 is 0. The van der Waals surface area contributed by atoms with E-state index in [0.29, 0.717) is 19.3 Å². The van der Waals surface area contributed by atoms with Crippen LogP contribution in [-0.2, 0) is 20.1 Å². The van der Waals surface area contributed by atoms with Crippen molar-refractivity contribution in [3.05, 3.63) is 48.4 Å². The van der Waals surface area contributed by atoms with Gasteiger partial charge in [0.15, 0.2) is 11.5 Å². The van der Waals surface area contributed by atoms with Crippen molar-refractivity contribution in [2.45, 2.75) is 44.8 Å². The molecule has 1 saturated heterocycles. The molecule has 2 aromatic heterocycles. The highest BCUT2D eigenvalue weighted by Crippen LogP contribution is 2.35. The summed E-state index contributed by atoms with van der Waals surface area (Å²) in [5, 5.41) is 9.15. The Morgan fingerprint density at radius 2 is 2.03 bits per heavy atom. The van der Waals surface area contributed by atoms with E-state index in [1.165, 1.54) is 24.8 Å². The molecule has 0 radical (unpaired) electrons. The Hall–Kier alpha value is -2.80. The Bertz CT molecular complexity index is 982. The average molecular weight is 408 g/mol. The maximum Gasteiger partial charge on any atom is 0.162 e. The van der Waals surface area contributed by atoms with Gasteiger partial charge in [-0.15, -0.1) is 0 Å². The molecule has 1 aromatic carbocycles. The molecule has 0 saturated carbocycles. The number of piperidine rings is 1. The Kier molecular flexibility index (Phi) is 5.45. The van der Waals surface area contributed by atoms with E-state index in [1.807, 2.05) is 40.9 Å². The number of benzene rings is 1. The van der Waals surface area contributed by atoms with Gasteiger partial charge in [-0.2, -0.15) is 10.2 Å². The first-order chi connectivity index (χ1) is 14.8. The van der Waals surface area contributed by atoms with Crippen LogP contribution in [-0.4, -0.2) is 50.3 Å². The predicted molar refractivity (Wildman–Crippen MR) is 115 cm³/mol. The molecular formula is C23H29N5O2. The molecule has 0 unspecified atom stereocenters. The highest BCUT2D eigenvalue weighted by Gasteiger charge is 2.25. The topological polar surface area (TPSA) is 57.3 Å². The molecule has 3 aromatic rings. The zero-order valence-electron chi connectivity index (χ0n) is 17.5. The summed E-state index contributed by atoms with van der Waals surface area (Å²) in [4.78, 5) is 2.63. The van der Waals surface area contributed by atoms with E-state index >= 15 is 0 Å². The predicted octanol–water partition coefficient (Wildman–Crippen LogP) is 3.50. The minimum absolute atomic E-state index is 0.580. The lowest BCUT2D eigenvalue weighted by Gasteiger charge is -2.35. The van der Waals surface area contributed by atoms with Gasteiger partial charge in [-0.3, -0.25) is 14.3 Å². The van der Waals surface area contributed by atoms with E-state index in [1.54, 1.807) is 0 Å². The van der Waals surface area contributed by atoms with Crippen LogP contribution in [0.4, 0.5) is 0 Å². The quantitative estimate of drug-likeness (QED) is 0.626. The first-order valence-corrected chi connectivity index (χ1v) is 10.9. The van der Waals surface area contributed by atoms with Crippen molar-refractivity contribution in [1.29, 1.82) is 0 Å². The third kappa shape index (κ3) is 4.07. The number of nitrogens with zero attached hydrogens (tertiary/aromatic N) is 5. The minimum Gasteiger partial charge on any atom is -0.486 e. The molecule has 158 valence electrons. The first kappa shape index (κ1) is 19.2. The van der Waals surface area contributed by atoms with Crippen molar-refractivity contribution in [3.8, 4) is 22.8 Å². The number of ether oxygens (including phenoxy) is 2. The fourth-order valence-electron chi connectivity index (χ4n) is 4.61. The highest BCUT2D eigenvalue weighted by molar-refractivity contribution is 5.66. The summed E-state index contributed by atoms with van der Waals surface area (Å²) < 4.78 is 15.4. The fourth-order valence-corrected chi connectivity index (χ4v) is 4.61. The Morgan fingerprint density at radius 1 is 1.13 bits per heavy atom. The third-order valence-corrected chi connectivity index (χ3v) is 6.09. The largest absolute Gasteiger partial charge is 0.486 e. The Labute approximate surface area is 177 Å². The second-order valence-corrected chi connectivity index (χ2v) is 8.21. The number of fused-ring (bicyclic) bond motifs is 1. The average Bonchev–Trinajstić information content (AvgIpc) is 3.42. The van der Waals surface area contributed by atoms with Gasteiger partial charge in [-0.25, -0.2) is 0 Å². The molecule has 7 heteroatoms. The molecule has 1 atom stereocenters. The smallest absolute Gasteiger partial charge is 0.162 e. The molecule has 2 aliphatic heterocycles. The summed E-state index contributed by atoms with van der Waals surface area (Å²) in [6.07, 6.45) is 11.0. The summed E-state index contributed by atoms with van der Waals surface area (Å²) in [6.45, 7) is 4.23. The van der Waals surface area contributed by atoms with Crippen LogP contribution >= 0.6 is 0 Å². The van der Waals surface area contributed by atoms with Crippen molar-refractivity contribution in [2.24, 2.45) is 7.05 Å². The second-order valence-electron chi connectivity index (χ2n) is 8.21. The lowest BCUT2D eigenvalue weighted by atomic mass is 9.98. The molecule has 0 bridgehead atoms. The van der Waals surface area contributed by atoms with E-state index in [0.717, 1.165) is 48.8 Å². The van der Waals surface area contributed by atoms with Gasteiger partial charge in [-0.1, -0.05) is 6.42 Å². The van der Waals surface area contributed by atoms with Crippen molar-refractivity contribution >= 4 is 0 Å². The van der Waals surface area contributed by atoms with Crippen LogP contribution < -0.4 is 9.47 Å². The van der Waals surface area contributed by atoms with Crippen LogP contribution in [0.2, 0.25) is 0 Å². The molecule has 1 fully saturated rings. The van der Waals surface area contributed by atoms with Crippen molar-refractivity contribution in [3.63, 3.8) is 0 Å². The number of likely N-dealkylation sites (tertiary alicyclic amines) is 1. The number of hydrogen-bond donors (Lipinski definition) is 0. The van der Waals surface area contributed by atoms with Crippen molar-refractivity contribution in [1.82, 2.24) is 24.5 Å². The molecule has 7 nitrogen and oxygen atoms in total. The van der Waals surface area contributed by atoms with Crippen LogP contribution in [0.15, 0.2) is 42.9 Å². The molecule has 5 rings (SSSR count). The monoisotopic (exact) mass is 407 g/mol. The van der Waals surface area contributed by atoms with Crippen molar-refractivity contribution in [2.75, 3.05) is 19.8 Å². The van der Waals surface area contributed by atoms with Crippen LogP contribution in [0.1, 0.15) is 31.2 Å². The minimum atomic E-state index is 0.580. The Balaban J connectivity index is 1.35. The molecule has 0 N–H and O–H groups in total. The van der Waals surface area contributed by atoms with Crippen LogP contribution in [0, 0.1) is 0 Å². The fraction of sp³-hybridized carbons (Fsp3) is 0.478. The van der Waals surface area contributed by atoms with Crippen LogP contribution in [0.5, 0.6) is 11.5 Å². The summed E-state index contributed by atoms with van der Waals surface area (Å²) in [5.41, 5.74) is 3.38. The second kappa shape index (κ2) is 8.52. The van der Waals surface area contributed by atoms with Gasteiger partial charge in [-0.05, 0) is 50.1 Å². The summed E-state index contributed by atoms with van der Waals surface area (Å²) in [6, 6.07) is 8.72. The maximum absolute atomic E-state index is 5.79. The van der Waals surface area contributed by atoms with E-state index in [4.69, 9.17) is 14.6 Å². The van der Waals surface area contributed by atoms with Gasteiger partial charge in [0.05, 0.1) is 5.69 Å². The summed E-state index contributed by atoms with van der Waals surface area (Å²) in [5.74, 6) is 1.63. The van der Waals surface area contributed by atoms with E-state index in [-0.39, 0.29) is 0 Å². The van der Waals surface area contributed by atoms with Crippen molar-refractivity contribution < 1.29 is 9.47 Å². The van der Waals surface area contributed by atoms with Crippen LogP contribution in [0.25, 0.3) is 11.3 Å². The van der Waals surface area contributed by atoms with Gasteiger partial charge in [0, 0.05) is 55.9 Å². The van der Waals surface area contributed by atoms with Gasteiger partial charge < -0.3 is 9.47 Å². The standard InChI is InChI=1S/C23H29N5O2/c1-26-16-19(23(25-26)18-6-7-21-22(15-18)30-14-13-29-21)17-27-10-3-2-5-20(27)8-12-28-11-4-9-24-28/h4,6-7,9,11,15-16,20H,2-3,5,8,10,12-14,17H2,1H3/t20-/m1/s1. The van der Waals surface area contributed by atoms with E-state index < -0.39 is 0 Å². The highest BCUT2D eigenvalue weighted by atomic mass is 16.6. The van der Waals surface area contributed by atoms with E-state index in [9.17, 15) is 0 Å². The Morgan fingerprint density at radius 3 is 2.90 bits per heavy atom. The lowest BCUT2D eigenvalue weighted by molar-refractivity contribution is 0.127. The normalized spacial score (nSPS) is 19.2. The number of rotatable bonds is 6. The molecular weight excluding hydrogens is 378 g/mol. The molecule has 0 spiro atoms. The number of aryl methyl sites for hydroxylation is 2. The van der Waals surface area contributed by atoms with Gasteiger partial charge in [0.25, 0.3) is 0 Å². The van der Waals surface area contributed by atoms with Gasteiger partial charge in [0.1, 0.15) is 13.2 Å². The first-order valence-electron chi connectivity index (χ1n) is 10.9. The van der Waals surface area contributed by atoms with E-state index in [2.05, 4.69) is 28.3 Å². The SMILES string of the molecule is Cn1cc(CN2CCCC[C@@H]2CCn2cccn2)c(-c2ccc3c(c2)OCCO3)n1. The lowest BCUT2D eigenvalue weighted by Crippen LogP contribution is -2.39. The maximum atomic E-state index is 5.79. The molecule has 2 aliphatic rings.